The van der Waals surface area contributed by atoms with Crippen molar-refractivity contribution in [1.82, 2.24) is 5.32 Å². The predicted molar refractivity (Wildman–Crippen MR) is 110 cm³/mol. The van der Waals surface area contributed by atoms with Crippen molar-refractivity contribution in [2.24, 2.45) is 0 Å². The van der Waals surface area contributed by atoms with Crippen molar-refractivity contribution in [3.63, 3.8) is 0 Å². The maximum Gasteiger partial charge on any atom is 0.411 e. The number of rotatable bonds is 7. The van der Waals surface area contributed by atoms with E-state index in [0.29, 0.717) is 23.2 Å². The molecule has 2 aromatic carbocycles. The highest BCUT2D eigenvalue weighted by Crippen LogP contribution is 2.34. The van der Waals surface area contributed by atoms with Gasteiger partial charge < -0.3 is 10.1 Å². The number of nitrogens with one attached hydrogen (secondary N) is 1. The minimum absolute atomic E-state index is 0.149. The van der Waals surface area contributed by atoms with Gasteiger partial charge in [-0.15, -0.1) is 0 Å². The molecule has 0 saturated heterocycles. The Bertz CT molecular complexity index is 1050. The van der Waals surface area contributed by atoms with E-state index < -0.39 is 22.8 Å². The summed E-state index contributed by atoms with van der Waals surface area (Å²) in [5.41, 5.74) is 3.20. The van der Waals surface area contributed by atoms with Crippen LogP contribution in [0.3, 0.4) is 0 Å². The molecule has 0 bridgehead atoms. The molecular formula is C21H23F3N2O4S. The summed E-state index contributed by atoms with van der Waals surface area (Å²) < 4.78 is 66.3. The van der Waals surface area contributed by atoms with Gasteiger partial charge in [0.1, 0.15) is 6.61 Å². The molecule has 1 unspecified atom stereocenters. The van der Waals surface area contributed by atoms with Crippen LogP contribution in [0.2, 0.25) is 0 Å². The lowest BCUT2D eigenvalue weighted by molar-refractivity contribution is -0.176. The molecule has 0 aliphatic carbocycles. The molecule has 1 amide bonds. The number of hydrogen-bond acceptors (Lipinski definition) is 4. The number of carbonyl (C=O) groups excluding carboxylic acids is 1. The number of ether oxygens (including phenoxy) is 1. The smallest absolute Gasteiger partial charge is 0.367 e. The highest BCUT2D eigenvalue weighted by molar-refractivity contribution is 7.92. The van der Waals surface area contributed by atoms with Crippen LogP contribution >= 0.6 is 0 Å². The van der Waals surface area contributed by atoms with Gasteiger partial charge in [0, 0.05) is 18.2 Å². The Hall–Kier alpha value is -2.59. The highest BCUT2D eigenvalue weighted by atomic mass is 32.2. The lowest BCUT2D eigenvalue weighted by Gasteiger charge is -2.21. The van der Waals surface area contributed by atoms with Gasteiger partial charge in [0.2, 0.25) is 10.0 Å². The van der Waals surface area contributed by atoms with Crippen molar-refractivity contribution in [2.45, 2.75) is 38.7 Å². The number of alkyl halides is 3. The minimum atomic E-state index is -4.36. The summed E-state index contributed by atoms with van der Waals surface area (Å²) >= 11 is 0. The number of fused-ring (bicyclic) bond motifs is 1. The summed E-state index contributed by atoms with van der Waals surface area (Å²) in [6, 6.07) is 11.4. The molecule has 0 aromatic heterocycles. The maximum atomic E-state index is 12.5. The van der Waals surface area contributed by atoms with Crippen LogP contribution in [0.4, 0.5) is 18.9 Å². The molecule has 1 aliphatic heterocycles. The highest BCUT2D eigenvalue weighted by Gasteiger charge is 2.32. The molecule has 1 N–H and O–H groups in total. The Morgan fingerprint density at radius 1 is 1.16 bits per heavy atom. The Morgan fingerprint density at radius 2 is 1.81 bits per heavy atom. The second-order valence-corrected chi connectivity index (χ2v) is 9.42. The fourth-order valence-electron chi connectivity index (χ4n) is 3.57. The molecule has 0 spiro atoms. The summed E-state index contributed by atoms with van der Waals surface area (Å²) in [7, 11) is -3.39. The van der Waals surface area contributed by atoms with Gasteiger partial charge in [-0.3, -0.25) is 9.10 Å². The molecule has 1 heterocycles. The van der Waals surface area contributed by atoms with Crippen LogP contribution in [-0.4, -0.2) is 39.4 Å². The Balaban J connectivity index is 1.58. The van der Waals surface area contributed by atoms with Crippen LogP contribution in [0.15, 0.2) is 42.5 Å². The molecule has 2 aromatic rings. The van der Waals surface area contributed by atoms with Gasteiger partial charge in [0.05, 0.1) is 18.6 Å². The summed E-state index contributed by atoms with van der Waals surface area (Å²) in [6.45, 7) is 0.612. The average molecular weight is 456 g/mol. The van der Waals surface area contributed by atoms with Crippen LogP contribution in [0.25, 0.3) is 0 Å². The van der Waals surface area contributed by atoms with E-state index in [9.17, 15) is 26.4 Å². The fourth-order valence-corrected chi connectivity index (χ4v) is 4.84. The van der Waals surface area contributed by atoms with E-state index >= 15 is 0 Å². The third-order valence-corrected chi connectivity index (χ3v) is 6.13. The van der Waals surface area contributed by atoms with Gasteiger partial charge in [-0.25, -0.2) is 8.42 Å². The van der Waals surface area contributed by atoms with Crippen LogP contribution < -0.4 is 9.62 Å². The number of hydrogen-bond donors (Lipinski definition) is 1. The molecule has 0 saturated carbocycles. The van der Waals surface area contributed by atoms with E-state index in [1.807, 2.05) is 6.92 Å². The first-order chi connectivity index (χ1) is 14.4. The lowest BCUT2D eigenvalue weighted by atomic mass is 10.1. The molecule has 1 aliphatic rings. The zero-order valence-corrected chi connectivity index (χ0v) is 17.9. The molecule has 6 nitrogen and oxygen atoms in total. The van der Waals surface area contributed by atoms with E-state index in [2.05, 4.69) is 10.1 Å². The normalized spacial score (nSPS) is 16.3. The topological polar surface area (TPSA) is 75.7 Å². The number of benzene rings is 2. The summed E-state index contributed by atoms with van der Waals surface area (Å²) in [5.74, 6) is -0.300. The van der Waals surface area contributed by atoms with E-state index in [0.717, 1.165) is 17.4 Å². The lowest BCUT2D eigenvalue weighted by Crippen LogP contribution is -2.34. The van der Waals surface area contributed by atoms with Gasteiger partial charge in [0.25, 0.3) is 5.91 Å². The molecule has 0 fully saturated rings. The van der Waals surface area contributed by atoms with Crippen LogP contribution in [0.5, 0.6) is 0 Å². The molecular weight excluding hydrogens is 433 g/mol. The minimum Gasteiger partial charge on any atom is -0.367 e. The summed E-state index contributed by atoms with van der Waals surface area (Å²) in [6.07, 6.45) is -2.67. The van der Waals surface area contributed by atoms with Crippen molar-refractivity contribution in [3.05, 3.63) is 64.7 Å². The maximum absolute atomic E-state index is 12.5. The van der Waals surface area contributed by atoms with Crippen LogP contribution in [0, 0.1) is 0 Å². The largest absolute Gasteiger partial charge is 0.411 e. The number of sulfonamides is 1. The Labute approximate surface area is 179 Å². The van der Waals surface area contributed by atoms with E-state index in [1.165, 1.54) is 4.31 Å². The summed E-state index contributed by atoms with van der Waals surface area (Å²) in [4.78, 5) is 12.5. The van der Waals surface area contributed by atoms with Gasteiger partial charge >= 0.3 is 6.18 Å². The number of amides is 1. The van der Waals surface area contributed by atoms with Gasteiger partial charge in [-0.1, -0.05) is 24.3 Å². The van der Waals surface area contributed by atoms with Gasteiger partial charge in [-0.05, 0) is 48.2 Å². The predicted octanol–water partition coefficient (Wildman–Crippen LogP) is 3.41. The SMILES string of the molecule is CC1Cc2cc(C(=O)NCc3ccc(COCC(F)(F)F)cc3)ccc2N1S(C)(=O)=O. The van der Waals surface area contributed by atoms with Gasteiger partial charge in [0.15, 0.2) is 0 Å². The van der Waals surface area contributed by atoms with E-state index in [1.54, 1.807) is 42.5 Å². The molecule has 10 heteroatoms. The molecule has 31 heavy (non-hydrogen) atoms. The molecule has 0 radical (unpaired) electrons. The first-order valence-electron chi connectivity index (χ1n) is 9.57. The van der Waals surface area contributed by atoms with Crippen molar-refractivity contribution < 1.29 is 31.1 Å². The summed E-state index contributed by atoms with van der Waals surface area (Å²) in [5, 5.41) is 2.79. The molecule has 1 atom stereocenters. The monoisotopic (exact) mass is 456 g/mol. The fraction of sp³-hybridized carbons (Fsp3) is 0.381. The van der Waals surface area contributed by atoms with Crippen LogP contribution in [0.1, 0.15) is 34.0 Å². The molecule has 3 rings (SSSR count). The zero-order chi connectivity index (χ0) is 22.8. The van der Waals surface area contributed by atoms with Crippen molar-refractivity contribution in [2.75, 3.05) is 17.2 Å². The van der Waals surface area contributed by atoms with E-state index in [4.69, 9.17) is 0 Å². The Morgan fingerprint density at radius 3 is 2.42 bits per heavy atom. The first-order valence-corrected chi connectivity index (χ1v) is 11.4. The van der Waals surface area contributed by atoms with E-state index in [-0.39, 0.29) is 25.1 Å². The zero-order valence-electron chi connectivity index (χ0n) is 17.1. The second-order valence-electron chi connectivity index (χ2n) is 7.56. The van der Waals surface area contributed by atoms with Crippen molar-refractivity contribution in [3.8, 4) is 0 Å². The molecule has 168 valence electrons. The quantitative estimate of drug-likeness (QED) is 0.693. The Kier molecular flexibility index (Phi) is 6.61. The van der Waals surface area contributed by atoms with Crippen molar-refractivity contribution in [1.29, 1.82) is 0 Å². The number of nitrogens with zero attached hydrogens (tertiary/aromatic N) is 1. The number of anilines is 1. The third kappa shape index (κ3) is 5.98. The number of carbonyl (C=O) groups is 1. The van der Waals surface area contributed by atoms with Crippen molar-refractivity contribution >= 4 is 21.6 Å². The third-order valence-electron chi connectivity index (χ3n) is 4.86. The standard InChI is InChI=1S/C21H23F3N2O4S/c1-14-9-18-10-17(7-8-19(18)26(14)31(2,28)29)20(27)25-11-15-3-5-16(6-4-15)12-30-13-21(22,23)24/h3-8,10,14H,9,11-13H2,1-2H3,(H,25,27). The van der Waals surface area contributed by atoms with Crippen LogP contribution in [-0.2, 0) is 34.3 Å². The first kappa shape index (κ1) is 23.1. The van der Waals surface area contributed by atoms with Gasteiger partial charge in [-0.2, -0.15) is 13.2 Å². The second kappa shape index (κ2) is 8.88. The average Bonchev–Trinajstić information content (AvgIpc) is 3.01. The number of halogens is 3.